The number of thioether (sulfide) groups is 1. The molecule has 1 aliphatic heterocycles. The van der Waals surface area contributed by atoms with Gasteiger partial charge in [-0.25, -0.2) is 4.99 Å². The summed E-state index contributed by atoms with van der Waals surface area (Å²) in [6.07, 6.45) is 6.99. The number of para-hydroxylation sites is 1. The van der Waals surface area contributed by atoms with Crippen LogP contribution in [0.4, 0.5) is 5.69 Å². The summed E-state index contributed by atoms with van der Waals surface area (Å²) < 4.78 is 6.28. The van der Waals surface area contributed by atoms with Gasteiger partial charge >= 0.3 is 0 Å². The first-order valence-corrected chi connectivity index (χ1v) is 11.6. The Balaban J connectivity index is 1.45. The van der Waals surface area contributed by atoms with Crippen LogP contribution in [0.15, 0.2) is 76.6 Å². The molecule has 1 amide bonds. The summed E-state index contributed by atoms with van der Waals surface area (Å²) in [6, 6.07) is 22.1. The first-order valence-electron chi connectivity index (χ1n) is 10.7. The highest BCUT2D eigenvalue weighted by Crippen LogP contribution is 2.34. The molecule has 4 nitrogen and oxygen atoms in total. The number of hydrogen-bond acceptors (Lipinski definition) is 4. The van der Waals surface area contributed by atoms with Gasteiger partial charge in [-0.2, -0.15) is 0 Å². The normalized spacial score (nSPS) is 19.4. The number of aliphatic imine (C=N–C) groups is 1. The molecule has 156 valence electrons. The first kappa shape index (κ1) is 19.9. The number of fused-ring (bicyclic) bond motifs is 1. The average Bonchev–Trinajstić information content (AvgIpc) is 3.43. The Morgan fingerprint density at radius 3 is 2.48 bits per heavy atom. The van der Waals surface area contributed by atoms with E-state index in [0.29, 0.717) is 16.0 Å². The lowest BCUT2D eigenvalue weighted by Gasteiger charge is -2.15. The summed E-state index contributed by atoms with van der Waals surface area (Å²) in [6.45, 7) is 0.731. The SMILES string of the molecule is O=C1NC(=Nc2ccccc2)S/C1=C/c1cc2ccccc2cc1OCC1CCCC1. The van der Waals surface area contributed by atoms with Crippen LogP contribution in [-0.2, 0) is 4.79 Å². The molecule has 1 saturated heterocycles. The summed E-state index contributed by atoms with van der Waals surface area (Å²) in [5, 5.41) is 5.73. The van der Waals surface area contributed by atoms with Crippen molar-refractivity contribution in [1.29, 1.82) is 0 Å². The van der Waals surface area contributed by atoms with E-state index in [2.05, 4.69) is 34.6 Å². The van der Waals surface area contributed by atoms with Crippen LogP contribution in [0.3, 0.4) is 0 Å². The van der Waals surface area contributed by atoms with Crippen molar-refractivity contribution in [3.05, 3.63) is 77.2 Å². The van der Waals surface area contributed by atoms with Gasteiger partial charge in [-0.3, -0.25) is 4.79 Å². The third kappa shape index (κ3) is 4.67. The van der Waals surface area contributed by atoms with Crippen molar-refractivity contribution >= 4 is 45.4 Å². The van der Waals surface area contributed by atoms with Crippen LogP contribution >= 0.6 is 11.8 Å². The van der Waals surface area contributed by atoms with Crippen LogP contribution in [0, 0.1) is 5.92 Å². The predicted octanol–water partition coefficient (Wildman–Crippen LogP) is 6.30. The molecule has 0 unspecified atom stereocenters. The Labute approximate surface area is 186 Å². The van der Waals surface area contributed by atoms with E-state index >= 15 is 0 Å². The summed E-state index contributed by atoms with van der Waals surface area (Å²) in [7, 11) is 0. The largest absolute Gasteiger partial charge is 0.493 e. The number of amidine groups is 1. The lowest BCUT2D eigenvalue weighted by molar-refractivity contribution is -0.115. The summed E-state index contributed by atoms with van der Waals surface area (Å²) in [5.74, 6) is 1.33. The molecule has 0 spiro atoms. The molecular weight excluding hydrogens is 404 g/mol. The van der Waals surface area contributed by atoms with Crippen molar-refractivity contribution in [2.75, 3.05) is 6.61 Å². The second-order valence-corrected chi connectivity index (χ2v) is 9.05. The second-order valence-electron chi connectivity index (χ2n) is 8.02. The molecule has 0 radical (unpaired) electrons. The number of carbonyl (C=O) groups excluding carboxylic acids is 1. The van der Waals surface area contributed by atoms with E-state index in [-0.39, 0.29) is 5.91 Å². The molecular formula is C26H24N2O2S. The number of rotatable bonds is 5. The summed E-state index contributed by atoms with van der Waals surface area (Å²) in [5.41, 5.74) is 1.74. The van der Waals surface area contributed by atoms with E-state index < -0.39 is 0 Å². The molecule has 2 aliphatic rings. The predicted molar refractivity (Wildman–Crippen MR) is 129 cm³/mol. The Bertz CT molecular complexity index is 1160. The van der Waals surface area contributed by atoms with E-state index in [1.165, 1.54) is 37.4 Å². The maximum absolute atomic E-state index is 12.6. The number of hydrogen-bond donors (Lipinski definition) is 1. The monoisotopic (exact) mass is 428 g/mol. The Morgan fingerprint density at radius 1 is 1.00 bits per heavy atom. The van der Waals surface area contributed by atoms with Crippen molar-refractivity contribution in [2.45, 2.75) is 25.7 Å². The molecule has 0 atom stereocenters. The zero-order valence-electron chi connectivity index (χ0n) is 17.2. The van der Waals surface area contributed by atoms with Crippen molar-refractivity contribution in [1.82, 2.24) is 5.32 Å². The summed E-state index contributed by atoms with van der Waals surface area (Å²) >= 11 is 1.36. The van der Waals surface area contributed by atoms with Crippen molar-refractivity contribution in [3.8, 4) is 5.75 Å². The van der Waals surface area contributed by atoms with Gasteiger partial charge in [-0.05, 0) is 71.6 Å². The molecule has 3 aromatic carbocycles. The van der Waals surface area contributed by atoms with Gasteiger partial charge in [0.1, 0.15) is 5.75 Å². The van der Waals surface area contributed by atoms with Gasteiger partial charge in [-0.15, -0.1) is 0 Å². The minimum Gasteiger partial charge on any atom is -0.493 e. The lowest BCUT2D eigenvalue weighted by atomic mass is 10.0. The number of nitrogens with one attached hydrogen (secondary N) is 1. The van der Waals surface area contributed by atoms with Crippen LogP contribution in [0.2, 0.25) is 0 Å². The van der Waals surface area contributed by atoms with Gasteiger partial charge in [0.2, 0.25) is 0 Å². The highest BCUT2D eigenvalue weighted by atomic mass is 32.2. The maximum Gasteiger partial charge on any atom is 0.264 e. The molecule has 5 rings (SSSR count). The van der Waals surface area contributed by atoms with Gasteiger partial charge in [0.25, 0.3) is 5.91 Å². The van der Waals surface area contributed by atoms with Gasteiger partial charge in [0.15, 0.2) is 5.17 Å². The fraction of sp³-hybridized carbons (Fsp3) is 0.231. The average molecular weight is 429 g/mol. The lowest BCUT2D eigenvalue weighted by Crippen LogP contribution is -2.19. The minimum atomic E-state index is -0.130. The smallest absolute Gasteiger partial charge is 0.264 e. The second kappa shape index (κ2) is 8.98. The molecule has 0 bridgehead atoms. The Hall–Kier alpha value is -3.05. The number of benzene rings is 3. The molecule has 31 heavy (non-hydrogen) atoms. The van der Waals surface area contributed by atoms with E-state index in [0.717, 1.165) is 34.4 Å². The molecule has 2 fully saturated rings. The van der Waals surface area contributed by atoms with Crippen molar-refractivity contribution in [3.63, 3.8) is 0 Å². The molecule has 5 heteroatoms. The van der Waals surface area contributed by atoms with E-state index in [9.17, 15) is 4.79 Å². The third-order valence-electron chi connectivity index (χ3n) is 5.75. The molecule has 3 aromatic rings. The zero-order chi connectivity index (χ0) is 21.0. The van der Waals surface area contributed by atoms with Crippen LogP contribution < -0.4 is 10.1 Å². The minimum absolute atomic E-state index is 0.130. The van der Waals surface area contributed by atoms with Gasteiger partial charge in [-0.1, -0.05) is 55.3 Å². The van der Waals surface area contributed by atoms with Crippen molar-refractivity contribution in [2.24, 2.45) is 10.9 Å². The Kier molecular flexibility index (Phi) is 5.76. The van der Waals surface area contributed by atoms with Crippen LogP contribution in [-0.4, -0.2) is 17.7 Å². The van der Waals surface area contributed by atoms with Gasteiger partial charge < -0.3 is 10.1 Å². The highest BCUT2D eigenvalue weighted by molar-refractivity contribution is 8.18. The van der Waals surface area contributed by atoms with Crippen LogP contribution in [0.1, 0.15) is 31.2 Å². The molecule has 1 saturated carbocycles. The number of carbonyl (C=O) groups is 1. The molecule has 1 N–H and O–H groups in total. The quantitative estimate of drug-likeness (QED) is 0.485. The highest BCUT2D eigenvalue weighted by Gasteiger charge is 2.24. The van der Waals surface area contributed by atoms with E-state index in [1.807, 2.05) is 48.5 Å². The van der Waals surface area contributed by atoms with Crippen molar-refractivity contribution < 1.29 is 9.53 Å². The molecule has 1 heterocycles. The number of ether oxygens (including phenoxy) is 1. The fourth-order valence-electron chi connectivity index (χ4n) is 4.10. The van der Waals surface area contributed by atoms with Crippen LogP contribution in [0.5, 0.6) is 5.75 Å². The standard InChI is InChI=1S/C26H24N2O2S/c29-25-24(31-26(28-25)27-22-12-2-1-3-13-22)16-21-14-19-10-6-7-11-20(19)15-23(21)30-17-18-8-4-5-9-18/h1-3,6-7,10-16,18H,4-5,8-9,17H2,(H,27,28,29)/b24-16+. The van der Waals surface area contributed by atoms with E-state index in [4.69, 9.17) is 4.74 Å². The third-order valence-corrected chi connectivity index (χ3v) is 6.66. The zero-order valence-corrected chi connectivity index (χ0v) is 18.0. The number of amides is 1. The van der Waals surface area contributed by atoms with Crippen LogP contribution in [0.25, 0.3) is 16.8 Å². The van der Waals surface area contributed by atoms with Gasteiger partial charge in [0.05, 0.1) is 17.2 Å². The maximum atomic E-state index is 12.6. The van der Waals surface area contributed by atoms with Gasteiger partial charge in [0, 0.05) is 5.56 Å². The Morgan fingerprint density at radius 2 is 1.71 bits per heavy atom. The van der Waals surface area contributed by atoms with E-state index in [1.54, 1.807) is 0 Å². The molecule has 0 aromatic heterocycles. The topological polar surface area (TPSA) is 50.7 Å². The fourth-order valence-corrected chi connectivity index (χ4v) is 4.93. The number of nitrogens with zero attached hydrogens (tertiary/aromatic N) is 1. The summed E-state index contributed by atoms with van der Waals surface area (Å²) in [4.78, 5) is 17.8. The first-order chi connectivity index (χ1) is 15.2. The molecule has 1 aliphatic carbocycles.